The highest BCUT2D eigenvalue weighted by molar-refractivity contribution is 5.95. The predicted octanol–water partition coefficient (Wildman–Crippen LogP) is 3.40. The summed E-state index contributed by atoms with van der Waals surface area (Å²) >= 11 is 0. The molecular formula is C21H20N4O2. The van der Waals surface area contributed by atoms with E-state index >= 15 is 0 Å². The van der Waals surface area contributed by atoms with Gasteiger partial charge in [0.25, 0.3) is 5.91 Å². The maximum atomic E-state index is 12.3. The van der Waals surface area contributed by atoms with Crippen molar-refractivity contribution in [2.75, 3.05) is 11.9 Å². The summed E-state index contributed by atoms with van der Waals surface area (Å²) in [6.45, 7) is 2.04. The number of hydrogen-bond donors (Lipinski definition) is 2. The molecule has 0 aliphatic rings. The van der Waals surface area contributed by atoms with Crippen LogP contribution in [0.25, 0.3) is 0 Å². The number of anilines is 2. The second-order valence-electron chi connectivity index (χ2n) is 6.04. The lowest BCUT2D eigenvalue weighted by molar-refractivity contribution is 0.0948. The highest BCUT2D eigenvalue weighted by Crippen LogP contribution is 2.16. The molecule has 6 heteroatoms. The first-order valence-corrected chi connectivity index (χ1v) is 8.64. The van der Waals surface area contributed by atoms with Gasteiger partial charge < -0.3 is 10.6 Å². The number of benzene rings is 2. The van der Waals surface area contributed by atoms with Crippen LogP contribution in [0, 0.1) is 0 Å². The number of hydrogen-bond acceptors (Lipinski definition) is 5. The van der Waals surface area contributed by atoms with Crippen LogP contribution in [0.4, 0.5) is 11.5 Å². The van der Waals surface area contributed by atoms with Crippen LogP contribution in [0.5, 0.6) is 0 Å². The van der Waals surface area contributed by atoms with Crippen molar-refractivity contribution in [3.05, 3.63) is 83.8 Å². The third-order valence-electron chi connectivity index (χ3n) is 3.98. The lowest BCUT2D eigenvalue weighted by Gasteiger charge is -2.08. The number of carbonyl (C=O) groups is 2. The van der Waals surface area contributed by atoms with Crippen LogP contribution in [-0.2, 0) is 6.42 Å². The highest BCUT2D eigenvalue weighted by atomic mass is 16.1. The van der Waals surface area contributed by atoms with Crippen LogP contribution >= 0.6 is 0 Å². The molecule has 3 aromatic rings. The number of amides is 1. The van der Waals surface area contributed by atoms with Gasteiger partial charge in [0.2, 0.25) is 0 Å². The lowest BCUT2D eigenvalue weighted by Crippen LogP contribution is -2.26. The zero-order valence-electron chi connectivity index (χ0n) is 15.0. The molecule has 136 valence electrons. The van der Waals surface area contributed by atoms with Crippen LogP contribution in [0.3, 0.4) is 0 Å². The van der Waals surface area contributed by atoms with E-state index in [0.717, 1.165) is 17.7 Å². The van der Waals surface area contributed by atoms with E-state index in [4.69, 9.17) is 0 Å². The van der Waals surface area contributed by atoms with Gasteiger partial charge in [-0.05, 0) is 31.0 Å². The molecule has 1 amide bonds. The fraction of sp³-hybridized carbons (Fsp3) is 0.143. The van der Waals surface area contributed by atoms with Gasteiger partial charge in [-0.1, -0.05) is 42.5 Å². The third-order valence-corrected chi connectivity index (χ3v) is 3.98. The minimum Gasteiger partial charge on any atom is -0.350 e. The molecule has 0 saturated heterocycles. The number of aromatic nitrogens is 2. The number of carbonyl (C=O) groups excluding carboxylic acids is 2. The maximum absolute atomic E-state index is 12.3. The highest BCUT2D eigenvalue weighted by Gasteiger charge is 2.09. The van der Waals surface area contributed by atoms with Gasteiger partial charge in [-0.2, -0.15) is 0 Å². The number of nitrogens with zero attached hydrogens (tertiary/aromatic N) is 2. The summed E-state index contributed by atoms with van der Waals surface area (Å²) in [5.74, 6) is 0.215. The van der Waals surface area contributed by atoms with Gasteiger partial charge in [0.05, 0.1) is 0 Å². The van der Waals surface area contributed by atoms with Gasteiger partial charge in [-0.15, -0.1) is 0 Å². The normalized spacial score (nSPS) is 10.3. The molecule has 2 aromatic carbocycles. The standard InChI is InChI=1S/C21H20N4O2/c1-15(26)17-8-5-9-18(12-17)25-20-13-19(23-14-24-20)21(27)22-11-10-16-6-3-2-4-7-16/h2-9,12-14H,10-11H2,1H3,(H,22,27)(H,23,24,25). The van der Waals surface area contributed by atoms with Crippen LogP contribution in [0.2, 0.25) is 0 Å². The molecule has 0 bridgehead atoms. The molecular weight excluding hydrogens is 340 g/mol. The summed E-state index contributed by atoms with van der Waals surface area (Å²) in [7, 11) is 0. The van der Waals surface area contributed by atoms with Gasteiger partial charge in [0.15, 0.2) is 5.78 Å². The van der Waals surface area contributed by atoms with Crippen LogP contribution in [0.15, 0.2) is 67.0 Å². The zero-order chi connectivity index (χ0) is 19.1. The quantitative estimate of drug-likeness (QED) is 0.631. The van der Waals surface area contributed by atoms with Crippen molar-refractivity contribution in [3.63, 3.8) is 0 Å². The SMILES string of the molecule is CC(=O)c1cccc(Nc2cc(C(=O)NCCc3ccccc3)ncn2)c1. The Kier molecular flexibility index (Phi) is 5.89. The summed E-state index contributed by atoms with van der Waals surface area (Å²) in [6, 6.07) is 18.6. The molecule has 2 N–H and O–H groups in total. The number of rotatable bonds is 7. The Hall–Kier alpha value is -3.54. The largest absolute Gasteiger partial charge is 0.350 e. The van der Waals surface area contributed by atoms with E-state index in [9.17, 15) is 9.59 Å². The lowest BCUT2D eigenvalue weighted by atomic mass is 10.1. The smallest absolute Gasteiger partial charge is 0.270 e. The molecule has 0 saturated carbocycles. The fourth-order valence-corrected chi connectivity index (χ4v) is 2.57. The van der Waals surface area contributed by atoms with E-state index in [0.29, 0.717) is 17.9 Å². The summed E-state index contributed by atoms with van der Waals surface area (Å²) in [5, 5.41) is 5.95. The number of nitrogens with one attached hydrogen (secondary N) is 2. The number of ketones is 1. The fourth-order valence-electron chi connectivity index (χ4n) is 2.57. The first-order chi connectivity index (χ1) is 13.1. The minimum atomic E-state index is -0.256. The van der Waals surface area contributed by atoms with Crippen molar-refractivity contribution in [2.24, 2.45) is 0 Å². The predicted molar refractivity (Wildman–Crippen MR) is 104 cm³/mol. The monoisotopic (exact) mass is 360 g/mol. The van der Waals surface area contributed by atoms with E-state index in [2.05, 4.69) is 20.6 Å². The second kappa shape index (κ2) is 8.71. The van der Waals surface area contributed by atoms with Crippen molar-refractivity contribution in [1.82, 2.24) is 15.3 Å². The first kappa shape index (κ1) is 18.3. The Labute approximate surface area is 157 Å². The van der Waals surface area contributed by atoms with Gasteiger partial charge >= 0.3 is 0 Å². The van der Waals surface area contributed by atoms with Crippen LogP contribution in [-0.4, -0.2) is 28.2 Å². The molecule has 27 heavy (non-hydrogen) atoms. The van der Waals surface area contributed by atoms with E-state index in [1.54, 1.807) is 24.3 Å². The minimum absolute atomic E-state index is 0.0141. The Morgan fingerprint density at radius 3 is 2.56 bits per heavy atom. The molecule has 6 nitrogen and oxygen atoms in total. The molecule has 0 atom stereocenters. The van der Waals surface area contributed by atoms with E-state index in [-0.39, 0.29) is 17.4 Å². The summed E-state index contributed by atoms with van der Waals surface area (Å²) < 4.78 is 0. The zero-order valence-corrected chi connectivity index (χ0v) is 15.0. The number of Topliss-reactive ketones (excluding diaryl/α,β-unsaturated/α-hetero) is 1. The second-order valence-corrected chi connectivity index (χ2v) is 6.04. The van der Waals surface area contributed by atoms with E-state index in [1.165, 1.54) is 13.3 Å². The molecule has 0 spiro atoms. The van der Waals surface area contributed by atoms with Crippen molar-refractivity contribution in [3.8, 4) is 0 Å². The van der Waals surface area contributed by atoms with Crippen molar-refractivity contribution < 1.29 is 9.59 Å². The first-order valence-electron chi connectivity index (χ1n) is 8.64. The van der Waals surface area contributed by atoms with Crippen molar-refractivity contribution in [2.45, 2.75) is 13.3 Å². The molecule has 1 aromatic heterocycles. The third kappa shape index (κ3) is 5.22. The van der Waals surface area contributed by atoms with Gasteiger partial charge in [0, 0.05) is 23.9 Å². The van der Waals surface area contributed by atoms with Gasteiger partial charge in [0.1, 0.15) is 17.8 Å². The molecule has 3 rings (SSSR count). The van der Waals surface area contributed by atoms with Crippen LogP contribution in [0.1, 0.15) is 33.3 Å². The van der Waals surface area contributed by atoms with Crippen LogP contribution < -0.4 is 10.6 Å². The molecule has 0 radical (unpaired) electrons. The Morgan fingerprint density at radius 2 is 1.78 bits per heavy atom. The Balaban J connectivity index is 1.62. The Morgan fingerprint density at radius 1 is 0.963 bits per heavy atom. The summed E-state index contributed by atoms with van der Waals surface area (Å²) in [5.41, 5.74) is 2.77. The Bertz CT molecular complexity index is 942. The topological polar surface area (TPSA) is 84.0 Å². The summed E-state index contributed by atoms with van der Waals surface area (Å²) in [4.78, 5) is 32.0. The molecule has 1 heterocycles. The average Bonchev–Trinajstić information content (AvgIpc) is 2.69. The van der Waals surface area contributed by atoms with E-state index in [1.807, 2.05) is 36.4 Å². The van der Waals surface area contributed by atoms with Crippen molar-refractivity contribution in [1.29, 1.82) is 0 Å². The summed E-state index contributed by atoms with van der Waals surface area (Å²) in [6.07, 6.45) is 2.09. The molecule has 0 fully saturated rings. The molecule has 0 unspecified atom stereocenters. The molecule has 0 aliphatic heterocycles. The van der Waals surface area contributed by atoms with Gasteiger partial charge in [-0.25, -0.2) is 9.97 Å². The van der Waals surface area contributed by atoms with Crippen molar-refractivity contribution >= 4 is 23.2 Å². The maximum Gasteiger partial charge on any atom is 0.270 e. The average molecular weight is 360 g/mol. The van der Waals surface area contributed by atoms with E-state index < -0.39 is 0 Å². The molecule has 0 aliphatic carbocycles. The van der Waals surface area contributed by atoms with Gasteiger partial charge in [-0.3, -0.25) is 9.59 Å².